The second-order valence-electron chi connectivity index (χ2n) is 3.42. The summed E-state index contributed by atoms with van der Waals surface area (Å²) in [6.45, 7) is 0. The fourth-order valence-electron chi connectivity index (χ4n) is 1.30. The van der Waals surface area contributed by atoms with Gasteiger partial charge in [-0.25, -0.2) is 0 Å². The normalized spacial score (nSPS) is 11.5. The lowest BCUT2D eigenvalue weighted by atomic mass is 10.3. The van der Waals surface area contributed by atoms with Gasteiger partial charge in [0, 0.05) is 20.5 Å². The summed E-state index contributed by atoms with van der Waals surface area (Å²) in [7, 11) is 0. The van der Waals surface area contributed by atoms with E-state index in [4.69, 9.17) is 10.9 Å². The van der Waals surface area contributed by atoms with E-state index in [-0.39, 0.29) is 5.84 Å². The number of hydrogen-bond acceptors (Lipinski definition) is 4. The Bertz CT molecular complexity index is 572. The van der Waals surface area contributed by atoms with Gasteiger partial charge in [0.05, 0.1) is 0 Å². The summed E-state index contributed by atoms with van der Waals surface area (Å²) < 4.78 is 1.04. The van der Waals surface area contributed by atoms with Crippen LogP contribution < -0.4 is 5.73 Å². The van der Waals surface area contributed by atoms with Crippen LogP contribution in [0.4, 0.5) is 0 Å². The van der Waals surface area contributed by atoms with Gasteiger partial charge >= 0.3 is 0 Å². The molecule has 2 aromatic rings. The minimum atomic E-state index is 0.00764. The van der Waals surface area contributed by atoms with Crippen LogP contribution in [0.1, 0.15) is 5.69 Å². The first-order chi connectivity index (χ1) is 8.69. The quantitative estimate of drug-likeness (QED) is 0.394. The SMILES string of the molecule is NC(=NO)c1cc(Sc2ccc(Br)cc2)ccn1. The summed E-state index contributed by atoms with van der Waals surface area (Å²) in [5, 5.41) is 11.5. The molecule has 0 amide bonds. The Hall–Kier alpha value is -1.53. The number of pyridine rings is 1. The van der Waals surface area contributed by atoms with Gasteiger partial charge < -0.3 is 10.9 Å². The average Bonchev–Trinajstić information content (AvgIpc) is 2.41. The highest BCUT2D eigenvalue weighted by Gasteiger charge is 2.03. The van der Waals surface area contributed by atoms with E-state index in [0.717, 1.165) is 14.3 Å². The van der Waals surface area contributed by atoms with Crippen LogP contribution in [0, 0.1) is 0 Å². The molecule has 1 aromatic carbocycles. The van der Waals surface area contributed by atoms with E-state index in [1.54, 1.807) is 24.0 Å². The largest absolute Gasteiger partial charge is 0.409 e. The first-order valence-corrected chi connectivity index (χ1v) is 6.67. The molecule has 4 nitrogen and oxygen atoms in total. The summed E-state index contributed by atoms with van der Waals surface area (Å²) in [5.74, 6) is 0.00764. The third-order valence-corrected chi connectivity index (χ3v) is 3.68. The highest BCUT2D eigenvalue weighted by molar-refractivity contribution is 9.10. The maximum atomic E-state index is 8.61. The van der Waals surface area contributed by atoms with E-state index in [1.807, 2.05) is 30.3 Å². The lowest BCUT2D eigenvalue weighted by molar-refractivity contribution is 0.318. The number of benzene rings is 1. The predicted molar refractivity (Wildman–Crippen MR) is 75.0 cm³/mol. The molecule has 0 aliphatic carbocycles. The minimum absolute atomic E-state index is 0.00764. The lowest BCUT2D eigenvalue weighted by Gasteiger charge is -2.03. The van der Waals surface area contributed by atoms with Crippen LogP contribution in [-0.2, 0) is 0 Å². The Morgan fingerprint density at radius 1 is 1.22 bits per heavy atom. The molecular formula is C12H10BrN3OS. The van der Waals surface area contributed by atoms with Crippen LogP contribution in [0.15, 0.2) is 62.0 Å². The van der Waals surface area contributed by atoms with E-state index < -0.39 is 0 Å². The highest BCUT2D eigenvalue weighted by atomic mass is 79.9. The number of oxime groups is 1. The second-order valence-corrected chi connectivity index (χ2v) is 5.48. The number of halogens is 1. The number of amidine groups is 1. The second kappa shape index (κ2) is 5.88. The number of nitrogens with zero attached hydrogens (tertiary/aromatic N) is 2. The van der Waals surface area contributed by atoms with Crippen molar-refractivity contribution in [2.45, 2.75) is 9.79 Å². The predicted octanol–water partition coefficient (Wildman–Crippen LogP) is 3.09. The van der Waals surface area contributed by atoms with Gasteiger partial charge in [-0.05, 0) is 36.4 Å². The van der Waals surface area contributed by atoms with Crippen molar-refractivity contribution in [1.29, 1.82) is 0 Å². The molecule has 3 N–H and O–H groups in total. The van der Waals surface area contributed by atoms with E-state index in [0.29, 0.717) is 5.69 Å². The van der Waals surface area contributed by atoms with Gasteiger partial charge in [-0.1, -0.05) is 32.8 Å². The van der Waals surface area contributed by atoms with Crippen molar-refractivity contribution in [3.63, 3.8) is 0 Å². The molecule has 6 heteroatoms. The van der Waals surface area contributed by atoms with Crippen LogP contribution in [0.3, 0.4) is 0 Å². The van der Waals surface area contributed by atoms with Crippen LogP contribution in [0.2, 0.25) is 0 Å². The van der Waals surface area contributed by atoms with Gasteiger partial charge in [0.15, 0.2) is 5.84 Å². The van der Waals surface area contributed by atoms with E-state index in [1.165, 1.54) is 0 Å². The fourth-order valence-corrected chi connectivity index (χ4v) is 2.41. The molecular weight excluding hydrogens is 314 g/mol. The lowest BCUT2D eigenvalue weighted by Crippen LogP contribution is -2.14. The Labute approximate surface area is 117 Å². The Balaban J connectivity index is 2.22. The Morgan fingerprint density at radius 3 is 2.61 bits per heavy atom. The van der Waals surface area contributed by atoms with Crippen molar-refractivity contribution >= 4 is 33.5 Å². The van der Waals surface area contributed by atoms with E-state index in [9.17, 15) is 0 Å². The molecule has 0 unspecified atom stereocenters. The number of hydrogen-bond donors (Lipinski definition) is 2. The topological polar surface area (TPSA) is 71.5 Å². The van der Waals surface area contributed by atoms with E-state index >= 15 is 0 Å². The molecule has 0 bridgehead atoms. The van der Waals surface area contributed by atoms with Crippen molar-refractivity contribution < 1.29 is 5.21 Å². The molecule has 1 aromatic heterocycles. The van der Waals surface area contributed by atoms with Crippen molar-refractivity contribution in [3.8, 4) is 0 Å². The highest BCUT2D eigenvalue weighted by Crippen LogP contribution is 2.28. The van der Waals surface area contributed by atoms with Gasteiger partial charge in [0.1, 0.15) is 5.69 Å². The van der Waals surface area contributed by atoms with Gasteiger partial charge in [-0.15, -0.1) is 0 Å². The van der Waals surface area contributed by atoms with Crippen LogP contribution in [0.5, 0.6) is 0 Å². The van der Waals surface area contributed by atoms with Gasteiger partial charge in [0.25, 0.3) is 0 Å². The number of nitrogens with two attached hydrogens (primary N) is 1. The average molecular weight is 324 g/mol. The zero-order valence-electron chi connectivity index (χ0n) is 9.25. The van der Waals surface area contributed by atoms with Crippen molar-refractivity contribution in [2.24, 2.45) is 10.9 Å². The third-order valence-electron chi connectivity index (χ3n) is 2.15. The molecule has 2 rings (SSSR count). The molecule has 0 spiro atoms. The first-order valence-electron chi connectivity index (χ1n) is 5.06. The molecule has 0 aliphatic rings. The standard InChI is InChI=1S/C12H10BrN3OS/c13-8-1-3-9(4-2-8)18-10-5-6-15-11(7-10)12(14)16-17/h1-7,17H,(H2,14,16). The van der Waals surface area contributed by atoms with Crippen molar-refractivity contribution in [3.05, 3.63) is 52.8 Å². The minimum Gasteiger partial charge on any atom is -0.409 e. The molecule has 0 fully saturated rings. The smallest absolute Gasteiger partial charge is 0.188 e. The first kappa shape index (κ1) is 12.9. The zero-order valence-corrected chi connectivity index (χ0v) is 11.6. The number of aromatic nitrogens is 1. The van der Waals surface area contributed by atoms with Crippen molar-refractivity contribution in [1.82, 2.24) is 4.98 Å². The van der Waals surface area contributed by atoms with Crippen LogP contribution in [-0.4, -0.2) is 16.0 Å². The maximum Gasteiger partial charge on any atom is 0.188 e. The van der Waals surface area contributed by atoms with Crippen molar-refractivity contribution in [2.75, 3.05) is 0 Å². The molecule has 18 heavy (non-hydrogen) atoms. The Kier molecular flexibility index (Phi) is 4.22. The summed E-state index contributed by atoms with van der Waals surface area (Å²) in [4.78, 5) is 6.12. The molecule has 0 atom stereocenters. The molecule has 1 heterocycles. The number of rotatable bonds is 3. The van der Waals surface area contributed by atoms with Gasteiger partial charge in [0.2, 0.25) is 0 Å². The molecule has 0 radical (unpaired) electrons. The monoisotopic (exact) mass is 323 g/mol. The Morgan fingerprint density at radius 2 is 1.94 bits per heavy atom. The van der Waals surface area contributed by atoms with Gasteiger partial charge in [-0.2, -0.15) is 0 Å². The van der Waals surface area contributed by atoms with Crippen LogP contribution >= 0.6 is 27.7 Å². The summed E-state index contributed by atoms with van der Waals surface area (Å²) in [5.41, 5.74) is 5.96. The third kappa shape index (κ3) is 3.24. The molecule has 0 saturated carbocycles. The van der Waals surface area contributed by atoms with E-state index in [2.05, 4.69) is 26.1 Å². The summed E-state index contributed by atoms with van der Waals surface area (Å²) >= 11 is 4.98. The summed E-state index contributed by atoms with van der Waals surface area (Å²) in [6, 6.07) is 11.6. The van der Waals surface area contributed by atoms with Crippen LogP contribution in [0.25, 0.3) is 0 Å². The maximum absolute atomic E-state index is 8.61. The fraction of sp³-hybridized carbons (Fsp3) is 0. The molecule has 92 valence electrons. The zero-order chi connectivity index (χ0) is 13.0. The molecule has 0 aliphatic heterocycles. The molecule has 0 saturated heterocycles. The van der Waals surface area contributed by atoms with Gasteiger partial charge in [-0.3, -0.25) is 4.98 Å². The summed E-state index contributed by atoms with van der Waals surface area (Å²) in [6.07, 6.45) is 1.63.